The maximum atomic E-state index is 12.2. The first-order chi connectivity index (χ1) is 25.2. The molecule has 0 saturated carbocycles. The van der Waals surface area contributed by atoms with Gasteiger partial charge >= 0.3 is 5.97 Å². The molecule has 0 aromatic heterocycles. The molecular weight excluding hydrogens is 761 g/mol. The first-order valence-electron chi connectivity index (χ1n) is 17.5. The molecule has 17 heteroatoms. The van der Waals surface area contributed by atoms with E-state index < -0.39 is 57.8 Å². The minimum Gasteiger partial charge on any atom is -0.744 e. The summed E-state index contributed by atoms with van der Waals surface area (Å²) in [7, 11) is -12.0. The number of hydrogen-bond donors (Lipinski definition) is 3. The summed E-state index contributed by atoms with van der Waals surface area (Å²) in [5.74, 6) is -1.37. The van der Waals surface area contributed by atoms with Gasteiger partial charge in [0.1, 0.15) is 16.7 Å². The van der Waals surface area contributed by atoms with E-state index in [1.165, 1.54) is 24.3 Å². The number of aliphatic carboxylic acids is 1. The van der Waals surface area contributed by atoms with Crippen LogP contribution in [-0.2, 0) is 50.7 Å². The second-order valence-electron chi connectivity index (χ2n) is 13.9. The van der Waals surface area contributed by atoms with Crippen molar-refractivity contribution in [3.8, 4) is 0 Å². The molecule has 0 aliphatic carbocycles. The van der Waals surface area contributed by atoms with E-state index in [-0.39, 0.29) is 24.2 Å². The summed E-state index contributed by atoms with van der Waals surface area (Å²) in [6.45, 7) is 7.04. The number of nitrogens with zero attached hydrogens (tertiary/aromatic N) is 2. The predicted molar refractivity (Wildman–Crippen MR) is 203 cm³/mol. The van der Waals surface area contributed by atoms with Crippen LogP contribution in [0.5, 0.6) is 0 Å². The second kappa shape index (κ2) is 17.0. The predicted octanol–water partition coefficient (Wildman–Crippen LogP) is 5.34. The average Bonchev–Trinajstić information content (AvgIpc) is 3.45. The van der Waals surface area contributed by atoms with Crippen LogP contribution in [0.4, 0.5) is 11.4 Å². The minimum atomic E-state index is -4.78. The van der Waals surface area contributed by atoms with Crippen LogP contribution >= 0.6 is 0 Å². The molecule has 0 fully saturated rings. The number of allylic oxidation sites excluding steroid dienone is 6. The molecule has 2 unspecified atom stereocenters. The van der Waals surface area contributed by atoms with Gasteiger partial charge in [-0.3, -0.25) is 13.9 Å². The molecule has 2 aliphatic heterocycles. The maximum Gasteiger partial charge on any atom is 0.303 e. The highest BCUT2D eigenvalue weighted by atomic mass is 32.2. The molecule has 2 aromatic carbocycles. The summed E-state index contributed by atoms with van der Waals surface area (Å²) in [6.07, 6.45) is 11.8. The number of fused-ring (bicyclic) bond motifs is 2. The molecule has 0 radical (unpaired) electrons. The van der Waals surface area contributed by atoms with Crippen LogP contribution < -0.4 is 4.90 Å². The number of ether oxygens (including phenoxy) is 1. The lowest BCUT2D eigenvalue weighted by atomic mass is 9.76. The Hall–Kier alpha value is -3.71. The smallest absolute Gasteiger partial charge is 0.303 e. The number of rotatable bonds is 19. The summed E-state index contributed by atoms with van der Waals surface area (Å²) in [5.41, 5.74) is 2.56. The molecule has 54 heavy (non-hydrogen) atoms. The SMILES string of the molecule is CCN1/C(=C/C=C/C=C/C2=[N+](CCCCCC(=O)O)c3ccc(S(=O)(=O)O)cc3C2(C)CCOC)C(C)(CCCS(=O)(=O)O)c2cc(S(=O)(=O)[O-])ccc21. The largest absolute Gasteiger partial charge is 0.744 e. The van der Waals surface area contributed by atoms with E-state index in [0.717, 1.165) is 17.1 Å². The van der Waals surface area contributed by atoms with Crippen LogP contribution in [0.3, 0.4) is 0 Å². The molecule has 4 rings (SSSR count). The van der Waals surface area contributed by atoms with Crippen LogP contribution in [-0.4, -0.2) is 92.8 Å². The van der Waals surface area contributed by atoms with Crippen molar-refractivity contribution in [1.82, 2.24) is 0 Å². The maximum absolute atomic E-state index is 12.2. The minimum absolute atomic E-state index is 0.0513. The summed E-state index contributed by atoms with van der Waals surface area (Å²) in [4.78, 5) is 12.4. The molecule has 296 valence electrons. The Morgan fingerprint density at radius 1 is 0.889 bits per heavy atom. The van der Waals surface area contributed by atoms with Gasteiger partial charge in [-0.15, -0.1) is 0 Å². The Balaban J connectivity index is 1.77. The quantitative estimate of drug-likeness (QED) is 0.0708. The highest BCUT2D eigenvalue weighted by molar-refractivity contribution is 7.86. The third-order valence-corrected chi connectivity index (χ3v) is 12.7. The lowest BCUT2D eigenvalue weighted by Gasteiger charge is -2.30. The van der Waals surface area contributed by atoms with E-state index >= 15 is 0 Å². The molecule has 2 aromatic rings. The van der Waals surface area contributed by atoms with Crippen LogP contribution in [0.15, 0.2) is 82.3 Å². The fourth-order valence-electron chi connectivity index (χ4n) is 7.48. The normalized spacial score (nSPS) is 21.2. The van der Waals surface area contributed by atoms with Gasteiger partial charge in [-0.25, -0.2) is 8.42 Å². The Morgan fingerprint density at radius 2 is 1.57 bits per heavy atom. The number of carbonyl (C=O) groups is 1. The van der Waals surface area contributed by atoms with Crippen molar-refractivity contribution in [1.29, 1.82) is 0 Å². The van der Waals surface area contributed by atoms with Crippen LogP contribution in [0.1, 0.15) is 76.8 Å². The van der Waals surface area contributed by atoms with Gasteiger partial charge in [-0.2, -0.15) is 21.4 Å². The van der Waals surface area contributed by atoms with E-state index in [9.17, 15) is 43.7 Å². The van der Waals surface area contributed by atoms with Crippen molar-refractivity contribution in [2.24, 2.45) is 0 Å². The molecule has 0 amide bonds. The molecule has 2 heterocycles. The van der Waals surface area contributed by atoms with Crippen LogP contribution in [0, 0.1) is 0 Å². The van der Waals surface area contributed by atoms with Crippen molar-refractivity contribution >= 4 is 53.4 Å². The molecule has 0 bridgehead atoms. The zero-order chi connectivity index (χ0) is 40.1. The van der Waals surface area contributed by atoms with Gasteiger partial charge in [-0.1, -0.05) is 18.2 Å². The molecule has 3 N–H and O–H groups in total. The van der Waals surface area contributed by atoms with Gasteiger partial charge in [0.2, 0.25) is 5.69 Å². The first-order valence-corrected chi connectivity index (χ1v) is 22.0. The third-order valence-electron chi connectivity index (χ3n) is 10.2. The van der Waals surface area contributed by atoms with Crippen molar-refractivity contribution in [3.05, 3.63) is 83.6 Å². The fraction of sp³-hybridized carbons (Fsp3) is 0.459. The Kier molecular flexibility index (Phi) is 13.5. The summed E-state index contributed by atoms with van der Waals surface area (Å²) in [5, 5.41) is 9.08. The molecule has 2 aliphatic rings. The topological polar surface area (TPSA) is 219 Å². The van der Waals surface area contributed by atoms with E-state index in [0.29, 0.717) is 62.2 Å². The lowest BCUT2D eigenvalue weighted by Crippen LogP contribution is -2.33. The van der Waals surface area contributed by atoms with Gasteiger partial charge in [-0.05, 0) is 94.8 Å². The Morgan fingerprint density at radius 3 is 2.19 bits per heavy atom. The van der Waals surface area contributed by atoms with Crippen LogP contribution in [0.25, 0.3) is 0 Å². The van der Waals surface area contributed by atoms with Gasteiger partial charge < -0.3 is 19.3 Å². The van der Waals surface area contributed by atoms with Crippen molar-refractivity contribution < 1.29 is 58.1 Å². The van der Waals surface area contributed by atoms with E-state index in [4.69, 9.17) is 9.84 Å². The van der Waals surface area contributed by atoms with E-state index in [1.54, 1.807) is 31.4 Å². The van der Waals surface area contributed by atoms with E-state index in [1.807, 2.05) is 43.9 Å². The summed E-state index contributed by atoms with van der Waals surface area (Å²) in [6, 6.07) is 8.62. The Labute approximate surface area is 317 Å². The first kappa shape index (κ1) is 43.0. The zero-order valence-electron chi connectivity index (χ0n) is 30.8. The molecular formula is C37H48N2O12S3. The van der Waals surface area contributed by atoms with Gasteiger partial charge in [0, 0.05) is 67.6 Å². The molecule has 2 atom stereocenters. The van der Waals surface area contributed by atoms with Crippen molar-refractivity contribution in [2.75, 3.05) is 37.5 Å². The summed E-state index contributed by atoms with van der Waals surface area (Å²) < 4.78 is 110. The second-order valence-corrected chi connectivity index (χ2v) is 18.2. The number of unbranched alkanes of at least 4 members (excludes halogenated alkanes) is 2. The number of carboxylic acids is 1. The number of hydrogen-bond acceptors (Lipinski definition) is 10. The average molecular weight is 809 g/mol. The highest BCUT2D eigenvalue weighted by Crippen LogP contribution is 2.51. The molecule has 0 spiro atoms. The van der Waals surface area contributed by atoms with Crippen molar-refractivity contribution in [3.63, 3.8) is 0 Å². The molecule has 14 nitrogen and oxygen atoms in total. The Bertz CT molecular complexity index is 2210. The zero-order valence-corrected chi connectivity index (χ0v) is 33.2. The standard InChI is InChI=1S/C37H48N2O12S3/c1-5-38-31-18-16-27(53(45,46)47)25-29(31)36(2,20-12-24-52(42,43)44)33(38)13-8-6-9-14-34-37(3,21-23-51-4)30-26-28(54(48,49)50)17-19-32(30)39(34)22-11-7-10-15-35(40)41/h6,8-9,13-14,16-19,25-26H,5,7,10-12,15,20-24H2,1-4H3,(H3-,40,41,42,43,44,45,46,47,48,49,50). The number of methoxy groups -OCH3 is 1. The monoisotopic (exact) mass is 808 g/mol. The van der Waals surface area contributed by atoms with E-state index in [2.05, 4.69) is 4.58 Å². The lowest BCUT2D eigenvalue weighted by molar-refractivity contribution is -0.438. The number of carboxylic acid groups (broad SMARTS) is 1. The van der Waals surface area contributed by atoms with Gasteiger partial charge in [0.15, 0.2) is 5.71 Å². The molecule has 0 saturated heterocycles. The van der Waals surface area contributed by atoms with Gasteiger partial charge in [0.25, 0.3) is 20.2 Å². The van der Waals surface area contributed by atoms with Crippen molar-refractivity contribution in [2.45, 2.75) is 86.3 Å². The van der Waals surface area contributed by atoms with Crippen LogP contribution in [0.2, 0.25) is 0 Å². The fourth-order valence-corrected chi connectivity index (χ4v) is 8.99. The van der Waals surface area contributed by atoms with Gasteiger partial charge in [0.05, 0.1) is 21.0 Å². The summed E-state index contributed by atoms with van der Waals surface area (Å²) >= 11 is 0. The highest BCUT2D eigenvalue weighted by Gasteiger charge is 2.48. The number of likely N-dealkylation sites (N-methyl/N-ethyl adjacent to an activating group) is 1. The number of anilines is 1. The number of benzene rings is 2. The third kappa shape index (κ3) is 9.74.